The minimum absolute atomic E-state index is 0.385. The zero-order chi connectivity index (χ0) is 19.3. The van der Waals surface area contributed by atoms with E-state index in [1.807, 2.05) is 0 Å². The SMILES string of the molecule is O=S(=O)(c1ccc(Br)cc1)N1CCC(N2CCC(CC#CSI)CC2)CC1. The molecule has 2 saturated heterocycles. The first kappa shape index (κ1) is 21.9. The maximum atomic E-state index is 12.8. The lowest BCUT2D eigenvalue weighted by molar-refractivity contribution is 0.0980. The van der Waals surface area contributed by atoms with E-state index in [1.54, 1.807) is 37.5 Å². The van der Waals surface area contributed by atoms with Crippen molar-refractivity contribution in [2.45, 2.75) is 43.0 Å². The summed E-state index contributed by atoms with van der Waals surface area (Å²) < 4.78 is 28.2. The molecule has 0 radical (unpaired) electrons. The summed E-state index contributed by atoms with van der Waals surface area (Å²) in [5, 5.41) is 3.08. The van der Waals surface area contributed by atoms with E-state index in [0.29, 0.717) is 24.0 Å². The van der Waals surface area contributed by atoms with Crippen molar-refractivity contribution in [3.8, 4) is 11.2 Å². The smallest absolute Gasteiger partial charge is 0.243 e. The van der Waals surface area contributed by atoms with E-state index < -0.39 is 10.0 Å². The third-order valence-corrected chi connectivity index (χ3v) is 8.87. The number of piperidine rings is 2. The highest BCUT2D eigenvalue weighted by Crippen LogP contribution is 2.28. The second-order valence-electron chi connectivity index (χ2n) is 7.13. The van der Waals surface area contributed by atoms with Crippen molar-refractivity contribution < 1.29 is 8.42 Å². The van der Waals surface area contributed by atoms with Crippen LogP contribution in [0.25, 0.3) is 0 Å². The second-order valence-corrected chi connectivity index (χ2v) is 11.7. The number of sulfonamides is 1. The molecule has 8 heteroatoms. The molecule has 0 saturated carbocycles. The van der Waals surface area contributed by atoms with Gasteiger partial charge in [-0.1, -0.05) is 21.9 Å². The fourth-order valence-electron chi connectivity index (χ4n) is 3.94. The van der Waals surface area contributed by atoms with E-state index in [4.69, 9.17) is 0 Å². The van der Waals surface area contributed by atoms with E-state index in [-0.39, 0.29) is 0 Å². The van der Waals surface area contributed by atoms with Gasteiger partial charge in [0.2, 0.25) is 10.0 Å². The number of benzene rings is 1. The third kappa shape index (κ3) is 5.86. The van der Waals surface area contributed by atoms with Crippen molar-refractivity contribution in [1.29, 1.82) is 0 Å². The first-order valence-electron chi connectivity index (χ1n) is 9.26. The maximum absolute atomic E-state index is 12.8. The Balaban J connectivity index is 1.50. The van der Waals surface area contributed by atoms with E-state index in [2.05, 4.69) is 53.2 Å². The van der Waals surface area contributed by atoms with Gasteiger partial charge in [0.25, 0.3) is 0 Å². The monoisotopic (exact) mass is 582 g/mol. The standard InChI is InChI=1S/C19H24BrIN2O2S2/c20-17-3-5-19(6-4-17)27(24,25)23-13-9-18(10-14-23)22-11-7-16(8-12-22)2-1-15-26-21/h3-6,16,18H,2,7-14H2. The van der Waals surface area contributed by atoms with Crippen LogP contribution >= 0.6 is 46.1 Å². The molecular formula is C19H24BrIN2O2S2. The normalized spacial score (nSPS) is 21.0. The fraction of sp³-hybridized carbons (Fsp3) is 0.579. The summed E-state index contributed by atoms with van der Waals surface area (Å²) in [6, 6.07) is 7.43. The van der Waals surface area contributed by atoms with Crippen LogP contribution in [0, 0.1) is 17.1 Å². The van der Waals surface area contributed by atoms with E-state index in [1.165, 1.54) is 12.8 Å². The first-order chi connectivity index (χ1) is 13.0. The molecule has 0 unspecified atom stereocenters. The average molecular weight is 583 g/mol. The maximum Gasteiger partial charge on any atom is 0.243 e. The highest BCUT2D eigenvalue weighted by atomic mass is 127. The zero-order valence-corrected chi connectivity index (χ0v) is 20.5. The van der Waals surface area contributed by atoms with Gasteiger partial charge in [-0.2, -0.15) is 4.31 Å². The van der Waals surface area contributed by atoms with Gasteiger partial charge >= 0.3 is 0 Å². The summed E-state index contributed by atoms with van der Waals surface area (Å²) >= 11 is 5.57. The molecule has 0 aromatic heterocycles. The molecule has 2 fully saturated rings. The lowest BCUT2D eigenvalue weighted by Crippen LogP contribution is -2.48. The zero-order valence-electron chi connectivity index (χ0n) is 15.1. The van der Waals surface area contributed by atoms with Crippen LogP contribution in [0.2, 0.25) is 0 Å². The molecule has 0 N–H and O–H groups in total. The summed E-state index contributed by atoms with van der Waals surface area (Å²) in [5.74, 6) is 3.97. The Morgan fingerprint density at radius 1 is 1.07 bits per heavy atom. The largest absolute Gasteiger partial charge is 0.300 e. The van der Waals surface area contributed by atoms with Crippen molar-refractivity contribution in [3.05, 3.63) is 28.7 Å². The Hall–Kier alpha value is 0.210. The van der Waals surface area contributed by atoms with Crippen LogP contribution in [0.15, 0.2) is 33.6 Å². The molecule has 148 valence electrons. The molecule has 4 nitrogen and oxygen atoms in total. The van der Waals surface area contributed by atoms with Gasteiger partial charge < -0.3 is 4.90 Å². The minimum Gasteiger partial charge on any atom is -0.300 e. The summed E-state index contributed by atoms with van der Waals surface area (Å²) in [6.07, 6.45) is 5.27. The topological polar surface area (TPSA) is 40.6 Å². The Labute approximate surface area is 187 Å². The van der Waals surface area contributed by atoms with Crippen LogP contribution < -0.4 is 0 Å². The molecule has 2 aliphatic heterocycles. The van der Waals surface area contributed by atoms with Crippen molar-refractivity contribution in [3.63, 3.8) is 0 Å². The number of hydrogen-bond donors (Lipinski definition) is 0. The van der Waals surface area contributed by atoms with Crippen LogP contribution in [0.3, 0.4) is 0 Å². The van der Waals surface area contributed by atoms with Crippen molar-refractivity contribution >= 4 is 56.1 Å². The predicted molar refractivity (Wildman–Crippen MR) is 124 cm³/mol. The molecule has 2 heterocycles. The van der Waals surface area contributed by atoms with Crippen LogP contribution in [0.4, 0.5) is 0 Å². The van der Waals surface area contributed by atoms with Gasteiger partial charge in [0.15, 0.2) is 0 Å². The summed E-state index contributed by atoms with van der Waals surface area (Å²) in [6.45, 7) is 3.46. The molecule has 0 atom stereocenters. The van der Waals surface area contributed by atoms with Crippen molar-refractivity contribution in [2.24, 2.45) is 5.92 Å². The van der Waals surface area contributed by atoms with E-state index >= 15 is 0 Å². The number of hydrogen-bond acceptors (Lipinski definition) is 4. The van der Waals surface area contributed by atoms with Crippen LogP contribution in [0.1, 0.15) is 32.1 Å². The van der Waals surface area contributed by atoms with Gasteiger partial charge in [-0.3, -0.25) is 0 Å². The molecule has 3 rings (SSSR count). The summed E-state index contributed by atoms with van der Waals surface area (Å²) in [7, 11) is -1.82. The minimum atomic E-state index is -3.38. The number of nitrogens with zero attached hydrogens (tertiary/aromatic N) is 2. The average Bonchev–Trinajstić information content (AvgIpc) is 2.69. The Bertz CT molecular complexity index is 776. The van der Waals surface area contributed by atoms with Gasteiger partial charge in [0.1, 0.15) is 0 Å². The summed E-state index contributed by atoms with van der Waals surface area (Å²) in [4.78, 5) is 2.95. The molecule has 27 heavy (non-hydrogen) atoms. The van der Waals surface area contributed by atoms with Crippen molar-refractivity contribution in [1.82, 2.24) is 9.21 Å². The van der Waals surface area contributed by atoms with Gasteiger partial charge in [0, 0.05) is 51.2 Å². The van der Waals surface area contributed by atoms with Gasteiger partial charge in [-0.25, -0.2) is 8.42 Å². The lowest BCUT2D eigenvalue weighted by atomic mass is 9.92. The number of rotatable bonds is 4. The Morgan fingerprint density at radius 3 is 2.30 bits per heavy atom. The lowest BCUT2D eigenvalue weighted by Gasteiger charge is -2.41. The predicted octanol–water partition coefficient (Wildman–Crippen LogP) is 4.75. The van der Waals surface area contributed by atoms with Gasteiger partial charge in [0.05, 0.1) is 4.90 Å². The molecule has 0 spiro atoms. The number of halogens is 2. The van der Waals surface area contributed by atoms with E-state index in [9.17, 15) is 8.42 Å². The summed E-state index contributed by atoms with van der Waals surface area (Å²) in [5.41, 5.74) is 0. The quantitative estimate of drug-likeness (QED) is 0.379. The highest BCUT2D eigenvalue weighted by molar-refractivity contribution is 14.2. The highest BCUT2D eigenvalue weighted by Gasteiger charge is 2.32. The molecule has 1 aromatic carbocycles. The third-order valence-electron chi connectivity index (χ3n) is 5.54. The molecule has 0 bridgehead atoms. The second kappa shape index (κ2) is 10.3. The van der Waals surface area contributed by atoms with E-state index in [0.717, 1.165) is 42.7 Å². The number of likely N-dealkylation sites (tertiary alicyclic amines) is 1. The molecule has 0 aliphatic carbocycles. The molecule has 1 aromatic rings. The Kier molecular flexibility index (Phi) is 8.36. The van der Waals surface area contributed by atoms with Crippen LogP contribution in [-0.2, 0) is 10.0 Å². The molecular weight excluding hydrogens is 559 g/mol. The molecule has 2 aliphatic rings. The van der Waals surface area contributed by atoms with Gasteiger partial charge in [-0.15, -0.1) is 0 Å². The Morgan fingerprint density at radius 2 is 1.70 bits per heavy atom. The first-order valence-corrected chi connectivity index (χ1v) is 14.8. The molecule has 0 amide bonds. The fourth-order valence-corrected chi connectivity index (χ4v) is 6.28. The van der Waals surface area contributed by atoms with Crippen LogP contribution in [0.5, 0.6) is 0 Å². The van der Waals surface area contributed by atoms with Gasteiger partial charge in [-0.05, 0) is 83.1 Å². The van der Waals surface area contributed by atoms with Crippen LogP contribution in [-0.4, -0.2) is 49.8 Å². The van der Waals surface area contributed by atoms with Crippen molar-refractivity contribution in [2.75, 3.05) is 26.2 Å².